The number of amides is 1. The third-order valence-corrected chi connectivity index (χ3v) is 5.15. The molecule has 1 amide bonds. The highest BCUT2D eigenvalue weighted by Crippen LogP contribution is 2.36. The lowest BCUT2D eigenvalue weighted by molar-refractivity contribution is -0.144. The molecule has 0 spiro atoms. The number of hydrogen-bond acceptors (Lipinski definition) is 5. The number of benzene rings is 2. The second-order valence-corrected chi connectivity index (χ2v) is 7.36. The number of fused-ring (bicyclic) bond motifs is 1. The largest absolute Gasteiger partial charge is 0.493 e. The fourth-order valence-corrected chi connectivity index (χ4v) is 3.64. The number of carbonyl (C=O) groups excluding carboxylic acids is 2. The monoisotopic (exact) mass is 456 g/mol. The molecule has 2 N–H and O–H groups in total. The van der Waals surface area contributed by atoms with Crippen LogP contribution in [0.5, 0.6) is 11.5 Å². The number of methoxy groups -OCH3 is 2. The van der Waals surface area contributed by atoms with Gasteiger partial charge in [-0.1, -0.05) is 29.8 Å². The Bertz CT molecular complexity index is 1140. The van der Waals surface area contributed by atoms with Crippen molar-refractivity contribution >= 4 is 40.5 Å². The van der Waals surface area contributed by atoms with E-state index in [1.165, 1.54) is 20.3 Å². The van der Waals surface area contributed by atoms with Crippen LogP contribution in [0.4, 0.5) is 0 Å². The lowest BCUT2D eigenvalue weighted by atomic mass is 10.0. The molecule has 32 heavy (non-hydrogen) atoms. The minimum Gasteiger partial charge on any atom is -0.493 e. The molecular weight excluding hydrogens is 432 g/mol. The van der Waals surface area contributed by atoms with Crippen molar-refractivity contribution in [3.8, 4) is 11.5 Å². The van der Waals surface area contributed by atoms with E-state index in [1.807, 2.05) is 37.4 Å². The second kappa shape index (κ2) is 10.7. The summed E-state index contributed by atoms with van der Waals surface area (Å²) in [7, 11) is 2.81. The highest BCUT2D eigenvalue weighted by Gasteiger charge is 2.22. The lowest BCUT2D eigenvalue weighted by Gasteiger charge is -2.15. The van der Waals surface area contributed by atoms with Crippen molar-refractivity contribution in [3.63, 3.8) is 0 Å². The van der Waals surface area contributed by atoms with Crippen LogP contribution in [0, 0.1) is 0 Å². The molecule has 0 aliphatic rings. The van der Waals surface area contributed by atoms with Crippen molar-refractivity contribution in [3.05, 3.63) is 64.8 Å². The van der Waals surface area contributed by atoms with Gasteiger partial charge in [0.2, 0.25) is 5.91 Å². The van der Waals surface area contributed by atoms with E-state index in [4.69, 9.17) is 25.8 Å². The topological polar surface area (TPSA) is 89.7 Å². The smallest absolute Gasteiger partial charge is 0.328 e. The highest BCUT2D eigenvalue weighted by atomic mass is 35.5. The lowest BCUT2D eigenvalue weighted by Crippen LogP contribution is -2.42. The molecule has 7 nitrogen and oxygen atoms in total. The van der Waals surface area contributed by atoms with Gasteiger partial charge in [-0.3, -0.25) is 4.79 Å². The van der Waals surface area contributed by atoms with E-state index in [0.29, 0.717) is 35.1 Å². The SMILES string of the molecule is CCOc1c(Cl)cc(/C=C/C(=O)NC(Cc2c[nH]c3ccccc23)C(=O)OC)cc1OC. The standard InChI is InChI=1S/C24H25ClN2O5/c1-4-32-23-18(25)11-15(12-21(23)30-2)9-10-22(28)27-20(24(29)31-3)13-16-14-26-19-8-6-5-7-17(16)19/h5-12,14,20,26H,4,13H2,1-3H3,(H,27,28)/b10-9+. The molecule has 8 heteroatoms. The molecule has 0 fully saturated rings. The molecule has 1 atom stereocenters. The van der Waals surface area contributed by atoms with Gasteiger partial charge in [0, 0.05) is 29.6 Å². The first-order chi connectivity index (χ1) is 15.5. The van der Waals surface area contributed by atoms with Crippen LogP contribution in [0.15, 0.2) is 48.7 Å². The Kier molecular flexibility index (Phi) is 7.78. The predicted molar refractivity (Wildman–Crippen MR) is 124 cm³/mol. The fraction of sp³-hybridized carbons (Fsp3) is 0.250. The molecule has 2 aromatic carbocycles. The van der Waals surface area contributed by atoms with E-state index >= 15 is 0 Å². The molecular formula is C24H25ClN2O5. The van der Waals surface area contributed by atoms with Gasteiger partial charge in [-0.2, -0.15) is 0 Å². The van der Waals surface area contributed by atoms with Crippen LogP contribution in [-0.2, 0) is 20.7 Å². The number of H-pyrrole nitrogens is 1. The van der Waals surface area contributed by atoms with E-state index in [1.54, 1.807) is 18.2 Å². The number of hydrogen-bond donors (Lipinski definition) is 2. The quantitative estimate of drug-likeness (QED) is 0.373. The summed E-state index contributed by atoms with van der Waals surface area (Å²) in [4.78, 5) is 28.0. The van der Waals surface area contributed by atoms with Gasteiger partial charge in [-0.25, -0.2) is 4.79 Å². The van der Waals surface area contributed by atoms with Crippen molar-refractivity contribution in [1.82, 2.24) is 10.3 Å². The maximum Gasteiger partial charge on any atom is 0.328 e. The molecule has 1 heterocycles. The van der Waals surface area contributed by atoms with Crippen LogP contribution in [0.2, 0.25) is 5.02 Å². The zero-order valence-corrected chi connectivity index (χ0v) is 18.9. The minimum absolute atomic E-state index is 0.291. The summed E-state index contributed by atoms with van der Waals surface area (Å²) in [6, 6.07) is 10.3. The number of halogens is 1. The Balaban J connectivity index is 1.75. The van der Waals surface area contributed by atoms with Crippen molar-refractivity contribution in [2.75, 3.05) is 20.8 Å². The Morgan fingerprint density at radius 2 is 2.00 bits per heavy atom. The molecule has 0 bridgehead atoms. The number of aromatic nitrogens is 1. The van der Waals surface area contributed by atoms with Gasteiger partial charge >= 0.3 is 5.97 Å². The maximum absolute atomic E-state index is 12.5. The average molecular weight is 457 g/mol. The van der Waals surface area contributed by atoms with E-state index in [2.05, 4.69) is 10.3 Å². The van der Waals surface area contributed by atoms with Crippen molar-refractivity contribution in [1.29, 1.82) is 0 Å². The molecule has 3 rings (SSSR count). The summed E-state index contributed by atoms with van der Waals surface area (Å²) < 4.78 is 15.7. The minimum atomic E-state index is -0.838. The maximum atomic E-state index is 12.5. The number of aromatic amines is 1. The van der Waals surface area contributed by atoms with E-state index in [0.717, 1.165) is 16.5 Å². The van der Waals surface area contributed by atoms with E-state index in [9.17, 15) is 9.59 Å². The van der Waals surface area contributed by atoms with E-state index in [-0.39, 0.29) is 0 Å². The molecule has 0 aliphatic carbocycles. The number of carbonyl (C=O) groups is 2. The van der Waals surface area contributed by atoms with Crippen LogP contribution in [0.25, 0.3) is 17.0 Å². The first-order valence-electron chi connectivity index (χ1n) is 10.1. The zero-order chi connectivity index (χ0) is 23.1. The molecule has 0 saturated carbocycles. The second-order valence-electron chi connectivity index (χ2n) is 6.95. The molecule has 0 aliphatic heterocycles. The first-order valence-corrected chi connectivity index (χ1v) is 10.5. The van der Waals surface area contributed by atoms with Gasteiger partial charge in [0.1, 0.15) is 6.04 Å². The third kappa shape index (κ3) is 5.42. The van der Waals surface area contributed by atoms with Gasteiger partial charge in [-0.05, 0) is 42.3 Å². The summed E-state index contributed by atoms with van der Waals surface area (Å²) in [5, 5.41) is 4.07. The number of nitrogens with one attached hydrogen (secondary N) is 2. The number of esters is 1. The summed E-state index contributed by atoms with van der Waals surface area (Å²) in [5.74, 6) is -0.0547. The van der Waals surface area contributed by atoms with Crippen LogP contribution >= 0.6 is 11.6 Å². The third-order valence-electron chi connectivity index (χ3n) is 4.87. The van der Waals surface area contributed by atoms with Gasteiger partial charge in [0.15, 0.2) is 11.5 Å². The van der Waals surface area contributed by atoms with E-state index < -0.39 is 17.9 Å². The number of ether oxygens (including phenoxy) is 3. The van der Waals surface area contributed by atoms with Crippen LogP contribution in [-0.4, -0.2) is 43.7 Å². The summed E-state index contributed by atoms with van der Waals surface area (Å²) in [6.07, 6.45) is 5.03. The van der Waals surface area contributed by atoms with Crippen LogP contribution in [0.3, 0.4) is 0 Å². The Morgan fingerprint density at radius 1 is 1.22 bits per heavy atom. The molecule has 3 aromatic rings. The first kappa shape index (κ1) is 23.2. The number of para-hydroxylation sites is 1. The Labute approximate surface area is 191 Å². The fourth-order valence-electron chi connectivity index (χ4n) is 3.37. The average Bonchev–Trinajstić information content (AvgIpc) is 3.21. The zero-order valence-electron chi connectivity index (χ0n) is 18.1. The summed E-state index contributed by atoms with van der Waals surface area (Å²) >= 11 is 6.28. The predicted octanol–water partition coefficient (Wildman–Crippen LogP) is 4.14. The van der Waals surface area contributed by atoms with Gasteiger partial charge in [0.25, 0.3) is 0 Å². The molecule has 168 valence electrons. The summed E-state index contributed by atoms with van der Waals surface area (Å²) in [5.41, 5.74) is 2.51. The van der Waals surface area contributed by atoms with Gasteiger partial charge < -0.3 is 24.5 Å². The normalized spacial score (nSPS) is 12.0. The number of rotatable bonds is 9. The molecule has 0 saturated heterocycles. The Hall–Kier alpha value is -3.45. The highest BCUT2D eigenvalue weighted by molar-refractivity contribution is 6.32. The van der Waals surface area contributed by atoms with Crippen LogP contribution < -0.4 is 14.8 Å². The van der Waals surface area contributed by atoms with Crippen molar-refractivity contribution in [2.45, 2.75) is 19.4 Å². The van der Waals surface area contributed by atoms with Crippen LogP contribution in [0.1, 0.15) is 18.1 Å². The van der Waals surface area contributed by atoms with Gasteiger partial charge in [0.05, 0.1) is 25.8 Å². The van der Waals surface area contributed by atoms with Gasteiger partial charge in [-0.15, -0.1) is 0 Å². The molecule has 1 aromatic heterocycles. The van der Waals surface area contributed by atoms with Crippen molar-refractivity contribution in [2.24, 2.45) is 0 Å². The van der Waals surface area contributed by atoms with Crippen molar-refractivity contribution < 1.29 is 23.8 Å². The molecule has 0 radical (unpaired) electrons. The molecule has 1 unspecified atom stereocenters. The Morgan fingerprint density at radius 3 is 2.72 bits per heavy atom. The summed E-state index contributed by atoms with van der Waals surface area (Å²) in [6.45, 7) is 2.29.